The van der Waals surface area contributed by atoms with Gasteiger partial charge >= 0.3 is 0 Å². The van der Waals surface area contributed by atoms with Gasteiger partial charge < -0.3 is 4.90 Å². The van der Waals surface area contributed by atoms with Crippen molar-refractivity contribution in [2.75, 3.05) is 14.1 Å². The van der Waals surface area contributed by atoms with E-state index in [-0.39, 0.29) is 5.91 Å². The lowest BCUT2D eigenvalue weighted by molar-refractivity contribution is 0.0827. The number of amides is 1. The van der Waals surface area contributed by atoms with Gasteiger partial charge in [-0.25, -0.2) is 0 Å². The van der Waals surface area contributed by atoms with Crippen molar-refractivity contribution >= 4 is 5.91 Å². The SMILES string of the molecule is [CH]c1cccc(C(=O)N(C)C)c1. The largest absolute Gasteiger partial charge is 0.345 e. The molecule has 0 heterocycles. The molecule has 0 unspecified atom stereocenters. The summed E-state index contributed by atoms with van der Waals surface area (Å²) in [5.41, 5.74) is 1.24. The van der Waals surface area contributed by atoms with Crippen LogP contribution in [-0.2, 0) is 0 Å². The fraction of sp³-hybridized carbons (Fsp3) is 0.200. The molecule has 1 rings (SSSR count). The van der Waals surface area contributed by atoms with Crippen molar-refractivity contribution in [2.24, 2.45) is 0 Å². The summed E-state index contributed by atoms with van der Waals surface area (Å²) in [5, 5.41) is 0. The monoisotopic (exact) mass is 161 g/mol. The molecule has 12 heavy (non-hydrogen) atoms. The predicted octanol–water partition coefficient (Wildman–Crippen LogP) is 1.45. The van der Waals surface area contributed by atoms with Crippen LogP contribution in [0.25, 0.3) is 0 Å². The molecular formula is C10H11NO. The second-order valence-corrected chi connectivity index (χ2v) is 2.83. The third kappa shape index (κ3) is 1.84. The highest BCUT2D eigenvalue weighted by atomic mass is 16.2. The van der Waals surface area contributed by atoms with Crippen molar-refractivity contribution in [1.29, 1.82) is 0 Å². The molecule has 0 aliphatic carbocycles. The zero-order valence-electron chi connectivity index (χ0n) is 7.24. The van der Waals surface area contributed by atoms with E-state index in [1.54, 1.807) is 38.4 Å². The summed E-state index contributed by atoms with van der Waals surface area (Å²) in [5.74, 6) is -0.0256. The molecule has 0 spiro atoms. The van der Waals surface area contributed by atoms with Crippen LogP contribution in [0.4, 0.5) is 0 Å². The van der Waals surface area contributed by atoms with Gasteiger partial charge in [0.2, 0.25) is 0 Å². The zero-order chi connectivity index (χ0) is 9.14. The number of nitrogens with zero attached hydrogens (tertiary/aromatic N) is 1. The molecule has 2 heteroatoms. The van der Waals surface area contributed by atoms with Gasteiger partial charge in [-0.2, -0.15) is 0 Å². The van der Waals surface area contributed by atoms with Crippen molar-refractivity contribution in [3.8, 4) is 0 Å². The first-order valence-corrected chi connectivity index (χ1v) is 3.68. The van der Waals surface area contributed by atoms with E-state index in [1.807, 2.05) is 0 Å². The van der Waals surface area contributed by atoms with Gasteiger partial charge in [0.05, 0.1) is 0 Å². The second-order valence-electron chi connectivity index (χ2n) is 2.83. The van der Waals surface area contributed by atoms with Crippen molar-refractivity contribution in [3.63, 3.8) is 0 Å². The Morgan fingerprint density at radius 2 is 2.08 bits per heavy atom. The quantitative estimate of drug-likeness (QED) is 0.610. The highest BCUT2D eigenvalue weighted by Gasteiger charge is 2.06. The van der Waals surface area contributed by atoms with Crippen LogP contribution >= 0.6 is 0 Å². The fourth-order valence-corrected chi connectivity index (χ4v) is 0.930. The summed E-state index contributed by atoms with van der Waals surface area (Å²) >= 11 is 0. The number of benzene rings is 1. The average molecular weight is 161 g/mol. The molecular weight excluding hydrogens is 150 g/mol. The third-order valence-electron chi connectivity index (χ3n) is 1.54. The van der Waals surface area contributed by atoms with E-state index in [0.29, 0.717) is 11.1 Å². The highest BCUT2D eigenvalue weighted by molar-refractivity contribution is 5.94. The van der Waals surface area contributed by atoms with Crippen molar-refractivity contribution in [1.82, 2.24) is 4.90 Å². The summed E-state index contributed by atoms with van der Waals surface area (Å²) in [6.07, 6.45) is 0. The minimum atomic E-state index is -0.0256. The van der Waals surface area contributed by atoms with Gasteiger partial charge in [0.15, 0.2) is 0 Å². The molecule has 0 N–H and O–H groups in total. The van der Waals surface area contributed by atoms with Crippen LogP contribution in [-0.4, -0.2) is 24.9 Å². The van der Waals surface area contributed by atoms with Gasteiger partial charge in [-0.1, -0.05) is 12.1 Å². The average Bonchev–Trinajstić information content (AvgIpc) is 2.03. The molecule has 0 bridgehead atoms. The number of carbonyl (C=O) groups is 1. The van der Waals surface area contributed by atoms with Crippen LogP contribution in [0.1, 0.15) is 15.9 Å². The highest BCUT2D eigenvalue weighted by Crippen LogP contribution is 2.05. The Morgan fingerprint density at radius 3 is 2.58 bits per heavy atom. The topological polar surface area (TPSA) is 20.3 Å². The van der Waals surface area contributed by atoms with E-state index in [9.17, 15) is 4.79 Å². The Kier molecular flexibility index (Phi) is 2.48. The fourth-order valence-electron chi connectivity index (χ4n) is 0.930. The molecule has 0 aliphatic rings. The van der Waals surface area contributed by atoms with Gasteiger partial charge in [0.25, 0.3) is 5.91 Å². The molecule has 62 valence electrons. The first-order valence-electron chi connectivity index (χ1n) is 3.68. The smallest absolute Gasteiger partial charge is 0.253 e. The Hall–Kier alpha value is -1.31. The van der Waals surface area contributed by atoms with Crippen molar-refractivity contribution in [3.05, 3.63) is 42.3 Å². The van der Waals surface area contributed by atoms with Crippen LogP contribution in [0.2, 0.25) is 0 Å². The van der Waals surface area contributed by atoms with Crippen molar-refractivity contribution < 1.29 is 4.79 Å². The minimum Gasteiger partial charge on any atom is -0.345 e. The molecule has 1 aromatic carbocycles. The molecule has 0 saturated heterocycles. The third-order valence-corrected chi connectivity index (χ3v) is 1.54. The first kappa shape index (κ1) is 8.78. The number of rotatable bonds is 1. The summed E-state index contributed by atoms with van der Waals surface area (Å²) in [7, 11) is 3.43. The molecule has 2 radical (unpaired) electrons. The molecule has 0 aromatic heterocycles. The molecule has 0 fully saturated rings. The molecule has 1 aromatic rings. The van der Waals surface area contributed by atoms with E-state index < -0.39 is 0 Å². The van der Waals surface area contributed by atoms with Gasteiger partial charge in [-0.15, -0.1) is 0 Å². The summed E-state index contributed by atoms with van der Waals surface area (Å²) in [4.78, 5) is 12.9. The molecule has 0 atom stereocenters. The van der Waals surface area contributed by atoms with E-state index in [1.165, 1.54) is 4.90 Å². The zero-order valence-corrected chi connectivity index (χ0v) is 7.24. The predicted molar refractivity (Wildman–Crippen MR) is 47.9 cm³/mol. The van der Waals surface area contributed by atoms with E-state index in [4.69, 9.17) is 6.92 Å². The van der Waals surface area contributed by atoms with E-state index >= 15 is 0 Å². The Morgan fingerprint density at radius 1 is 1.42 bits per heavy atom. The lowest BCUT2D eigenvalue weighted by Gasteiger charge is -2.09. The van der Waals surface area contributed by atoms with Crippen LogP contribution < -0.4 is 0 Å². The minimum absolute atomic E-state index is 0.0256. The molecule has 0 aliphatic heterocycles. The number of hydrogen-bond donors (Lipinski definition) is 0. The van der Waals surface area contributed by atoms with E-state index in [0.717, 1.165) is 0 Å². The van der Waals surface area contributed by atoms with E-state index in [2.05, 4.69) is 0 Å². The first-order chi connectivity index (χ1) is 5.61. The molecule has 0 saturated carbocycles. The van der Waals surface area contributed by atoms with Crippen LogP contribution in [0.5, 0.6) is 0 Å². The lowest BCUT2D eigenvalue weighted by Crippen LogP contribution is -2.21. The summed E-state index contributed by atoms with van der Waals surface area (Å²) in [6, 6.07) is 6.94. The Labute approximate surface area is 72.8 Å². The van der Waals surface area contributed by atoms with Gasteiger partial charge in [0, 0.05) is 19.7 Å². The van der Waals surface area contributed by atoms with Crippen LogP contribution in [0, 0.1) is 6.92 Å². The summed E-state index contributed by atoms with van der Waals surface area (Å²) in [6.45, 7) is 5.53. The van der Waals surface area contributed by atoms with Gasteiger partial charge in [-0.3, -0.25) is 4.79 Å². The maximum Gasteiger partial charge on any atom is 0.253 e. The van der Waals surface area contributed by atoms with Gasteiger partial charge in [-0.05, 0) is 24.6 Å². The Bertz CT molecular complexity index is 292. The lowest BCUT2D eigenvalue weighted by atomic mass is 10.1. The summed E-state index contributed by atoms with van der Waals surface area (Å²) < 4.78 is 0. The van der Waals surface area contributed by atoms with Crippen LogP contribution in [0.3, 0.4) is 0 Å². The Balaban J connectivity index is 2.96. The second kappa shape index (κ2) is 3.39. The number of carbonyl (C=O) groups excluding carboxylic acids is 1. The number of hydrogen-bond acceptors (Lipinski definition) is 1. The normalized spacial score (nSPS) is 9.58. The van der Waals surface area contributed by atoms with Gasteiger partial charge in [0.1, 0.15) is 0 Å². The van der Waals surface area contributed by atoms with Crippen LogP contribution in [0.15, 0.2) is 24.3 Å². The van der Waals surface area contributed by atoms with Crippen molar-refractivity contribution in [2.45, 2.75) is 0 Å². The molecule has 2 nitrogen and oxygen atoms in total. The maximum absolute atomic E-state index is 11.4. The maximum atomic E-state index is 11.4. The standard InChI is InChI=1S/C10H11NO/c1-8-5-4-6-9(7-8)10(12)11(2)3/h1,4-7H,2-3H3. The molecule has 1 amide bonds.